The van der Waals surface area contributed by atoms with Crippen LogP contribution in [0.5, 0.6) is 0 Å². The van der Waals surface area contributed by atoms with Gasteiger partial charge in [0.2, 0.25) is 0 Å². The van der Waals surface area contributed by atoms with Crippen molar-refractivity contribution >= 4 is 17.0 Å². The highest BCUT2D eigenvalue weighted by Crippen LogP contribution is 2.43. The standard InChI is InChI=1S/C12H17N5O2/c1-6-3-7(9(18)12(6,2)19)17-5-16-8-10(13)14-4-15-11(8)17/h4-7,9,18-19H,3H2,1-2H3,(H2,13,14,15)/t6?,7-,9?,12-/m1/s1. The maximum Gasteiger partial charge on any atom is 0.165 e. The number of nitrogen functional groups attached to an aromatic ring is 1. The summed E-state index contributed by atoms with van der Waals surface area (Å²) in [5, 5.41) is 20.6. The molecule has 19 heavy (non-hydrogen) atoms. The summed E-state index contributed by atoms with van der Waals surface area (Å²) >= 11 is 0. The summed E-state index contributed by atoms with van der Waals surface area (Å²) in [6, 6.07) is -0.260. The lowest BCUT2D eigenvalue weighted by molar-refractivity contribution is -0.0714. The second kappa shape index (κ2) is 3.88. The monoisotopic (exact) mass is 263 g/mol. The summed E-state index contributed by atoms with van der Waals surface area (Å²) in [6.45, 7) is 3.58. The van der Waals surface area contributed by atoms with Crippen molar-refractivity contribution in [3.63, 3.8) is 0 Å². The number of hydrogen-bond donors (Lipinski definition) is 3. The minimum Gasteiger partial charge on any atom is -0.388 e. The van der Waals surface area contributed by atoms with Crippen LogP contribution in [0, 0.1) is 5.92 Å². The van der Waals surface area contributed by atoms with E-state index >= 15 is 0 Å². The van der Waals surface area contributed by atoms with Gasteiger partial charge < -0.3 is 20.5 Å². The van der Waals surface area contributed by atoms with Gasteiger partial charge in [-0.2, -0.15) is 0 Å². The Morgan fingerprint density at radius 3 is 2.79 bits per heavy atom. The number of fused-ring (bicyclic) bond motifs is 1. The Labute approximate surface area is 110 Å². The van der Waals surface area contributed by atoms with Gasteiger partial charge in [-0.05, 0) is 19.3 Å². The molecule has 4 atom stereocenters. The van der Waals surface area contributed by atoms with Crippen LogP contribution in [0.3, 0.4) is 0 Å². The molecule has 1 aliphatic rings. The third kappa shape index (κ3) is 1.62. The Bertz CT molecular complexity index is 624. The number of anilines is 1. The molecule has 0 radical (unpaired) electrons. The zero-order valence-electron chi connectivity index (χ0n) is 10.9. The zero-order valence-corrected chi connectivity index (χ0v) is 10.9. The van der Waals surface area contributed by atoms with Gasteiger partial charge in [-0.15, -0.1) is 0 Å². The first kappa shape index (κ1) is 12.3. The van der Waals surface area contributed by atoms with Gasteiger partial charge in [0, 0.05) is 0 Å². The highest BCUT2D eigenvalue weighted by Gasteiger charge is 2.49. The van der Waals surface area contributed by atoms with Crippen molar-refractivity contribution in [3.8, 4) is 0 Å². The van der Waals surface area contributed by atoms with Gasteiger partial charge in [0.1, 0.15) is 17.9 Å². The predicted molar refractivity (Wildman–Crippen MR) is 69.2 cm³/mol. The molecule has 2 aromatic rings. The Kier molecular flexibility index (Phi) is 2.51. The van der Waals surface area contributed by atoms with Crippen LogP contribution in [0.1, 0.15) is 26.3 Å². The van der Waals surface area contributed by atoms with Crippen LogP contribution >= 0.6 is 0 Å². The molecule has 0 amide bonds. The van der Waals surface area contributed by atoms with Crippen molar-refractivity contribution in [2.24, 2.45) is 5.92 Å². The third-order valence-electron chi connectivity index (χ3n) is 4.30. The number of rotatable bonds is 1. The van der Waals surface area contributed by atoms with E-state index in [0.717, 1.165) is 0 Å². The maximum absolute atomic E-state index is 10.3. The summed E-state index contributed by atoms with van der Waals surface area (Å²) in [5.74, 6) is 0.306. The fourth-order valence-electron chi connectivity index (χ4n) is 2.79. The van der Waals surface area contributed by atoms with E-state index in [2.05, 4.69) is 15.0 Å². The summed E-state index contributed by atoms with van der Waals surface area (Å²) in [5.41, 5.74) is 5.74. The van der Waals surface area contributed by atoms with Crippen molar-refractivity contribution in [1.29, 1.82) is 0 Å². The van der Waals surface area contributed by atoms with Crippen molar-refractivity contribution < 1.29 is 10.2 Å². The van der Waals surface area contributed by atoms with Crippen molar-refractivity contribution in [1.82, 2.24) is 19.5 Å². The largest absolute Gasteiger partial charge is 0.388 e. The molecule has 0 aliphatic heterocycles. The van der Waals surface area contributed by atoms with Crippen LogP contribution in [0.4, 0.5) is 5.82 Å². The van der Waals surface area contributed by atoms with Gasteiger partial charge in [0.05, 0.1) is 18.0 Å². The van der Waals surface area contributed by atoms with E-state index in [4.69, 9.17) is 5.73 Å². The molecule has 102 valence electrons. The first-order valence-electron chi connectivity index (χ1n) is 6.26. The zero-order chi connectivity index (χ0) is 13.8. The smallest absolute Gasteiger partial charge is 0.165 e. The Morgan fingerprint density at radius 2 is 2.16 bits per heavy atom. The van der Waals surface area contributed by atoms with Crippen LogP contribution in [0.15, 0.2) is 12.7 Å². The van der Waals surface area contributed by atoms with Gasteiger partial charge in [-0.25, -0.2) is 15.0 Å². The normalized spacial score (nSPS) is 35.1. The fraction of sp³-hybridized carbons (Fsp3) is 0.583. The van der Waals surface area contributed by atoms with Crippen molar-refractivity contribution in [2.45, 2.75) is 38.0 Å². The Hall–Kier alpha value is -1.73. The molecule has 2 unspecified atom stereocenters. The van der Waals surface area contributed by atoms with Gasteiger partial charge in [-0.1, -0.05) is 6.92 Å². The maximum atomic E-state index is 10.3. The van der Waals surface area contributed by atoms with E-state index in [1.807, 2.05) is 6.92 Å². The fourth-order valence-corrected chi connectivity index (χ4v) is 2.79. The van der Waals surface area contributed by atoms with E-state index in [0.29, 0.717) is 23.4 Å². The van der Waals surface area contributed by atoms with Gasteiger partial charge >= 0.3 is 0 Å². The van der Waals surface area contributed by atoms with E-state index < -0.39 is 11.7 Å². The Morgan fingerprint density at radius 1 is 1.42 bits per heavy atom. The van der Waals surface area contributed by atoms with Crippen LogP contribution in [0.2, 0.25) is 0 Å². The molecule has 2 aromatic heterocycles. The molecule has 0 aromatic carbocycles. The SMILES string of the molecule is CC1C[C@@H](n2cnc3c(N)ncnc32)C(O)[C@]1(C)O. The van der Waals surface area contributed by atoms with E-state index in [1.54, 1.807) is 17.8 Å². The van der Waals surface area contributed by atoms with E-state index in [9.17, 15) is 10.2 Å². The number of hydrogen-bond acceptors (Lipinski definition) is 6. The van der Waals surface area contributed by atoms with Crippen LogP contribution in [0.25, 0.3) is 11.2 Å². The topological polar surface area (TPSA) is 110 Å². The summed E-state index contributed by atoms with van der Waals surface area (Å²) in [6.07, 6.45) is 2.76. The van der Waals surface area contributed by atoms with Gasteiger partial charge in [0.25, 0.3) is 0 Å². The Balaban J connectivity index is 2.09. The third-order valence-corrected chi connectivity index (χ3v) is 4.30. The highest BCUT2D eigenvalue weighted by atomic mass is 16.3. The molecule has 1 fully saturated rings. The number of aromatic nitrogens is 4. The molecule has 0 spiro atoms. The molecule has 1 aliphatic carbocycles. The van der Waals surface area contributed by atoms with Gasteiger partial charge in [0.15, 0.2) is 11.5 Å². The molecule has 7 heteroatoms. The second-order valence-electron chi connectivity index (χ2n) is 5.46. The molecule has 4 N–H and O–H groups in total. The number of nitrogens with two attached hydrogens (primary N) is 1. The summed E-state index contributed by atoms with van der Waals surface area (Å²) < 4.78 is 1.77. The van der Waals surface area contributed by atoms with E-state index in [1.165, 1.54) is 6.33 Å². The molecule has 0 bridgehead atoms. The number of aliphatic hydroxyl groups is 2. The highest BCUT2D eigenvalue weighted by molar-refractivity contribution is 5.81. The van der Waals surface area contributed by atoms with Crippen LogP contribution in [-0.2, 0) is 0 Å². The van der Waals surface area contributed by atoms with Gasteiger partial charge in [-0.3, -0.25) is 0 Å². The first-order chi connectivity index (χ1) is 8.93. The molecular weight excluding hydrogens is 246 g/mol. The minimum atomic E-state index is -1.11. The lowest BCUT2D eigenvalue weighted by atomic mass is 9.93. The molecule has 3 rings (SSSR count). The average molecular weight is 263 g/mol. The number of imidazole rings is 1. The minimum absolute atomic E-state index is 0.0101. The average Bonchev–Trinajstić information content (AvgIpc) is 2.86. The molecule has 0 saturated heterocycles. The summed E-state index contributed by atoms with van der Waals surface area (Å²) in [4.78, 5) is 12.2. The lowest BCUT2D eigenvalue weighted by Gasteiger charge is -2.27. The lowest BCUT2D eigenvalue weighted by Crippen LogP contribution is -2.41. The number of aliphatic hydroxyl groups excluding tert-OH is 1. The quantitative estimate of drug-likeness (QED) is 0.673. The van der Waals surface area contributed by atoms with Crippen LogP contribution in [-0.4, -0.2) is 41.4 Å². The molecule has 2 heterocycles. The first-order valence-corrected chi connectivity index (χ1v) is 6.26. The van der Waals surface area contributed by atoms with E-state index in [-0.39, 0.29) is 12.0 Å². The van der Waals surface area contributed by atoms with Crippen LogP contribution < -0.4 is 5.73 Å². The predicted octanol–water partition coefficient (Wildman–Crippen LogP) is 0.101. The summed E-state index contributed by atoms with van der Waals surface area (Å²) in [7, 11) is 0. The van der Waals surface area contributed by atoms with Crippen molar-refractivity contribution in [2.75, 3.05) is 5.73 Å². The number of nitrogens with zero attached hydrogens (tertiary/aromatic N) is 4. The van der Waals surface area contributed by atoms with Crippen molar-refractivity contribution in [3.05, 3.63) is 12.7 Å². The molecule has 1 saturated carbocycles. The molecule has 7 nitrogen and oxygen atoms in total. The second-order valence-corrected chi connectivity index (χ2v) is 5.46. The molecular formula is C12H17N5O2.